The lowest BCUT2D eigenvalue weighted by Gasteiger charge is -2.33. The number of hydrogen-bond donors (Lipinski definition) is 1. The molecule has 1 fully saturated rings. The molecular weight excluding hydrogens is 330 g/mol. The molecule has 7 nitrogen and oxygen atoms in total. The van der Waals surface area contributed by atoms with E-state index < -0.39 is 0 Å². The fraction of sp³-hybridized carbons (Fsp3) is 0.526. The van der Waals surface area contributed by atoms with Gasteiger partial charge in [0.1, 0.15) is 6.54 Å². The number of benzene rings is 1. The van der Waals surface area contributed by atoms with Gasteiger partial charge in [0.25, 0.3) is 0 Å². The Morgan fingerprint density at radius 2 is 2.00 bits per heavy atom. The number of hydrogen-bond acceptors (Lipinski definition) is 5. The molecule has 3 rings (SSSR count). The van der Waals surface area contributed by atoms with Gasteiger partial charge in [0.2, 0.25) is 11.8 Å². The molecule has 2 aromatic rings. The van der Waals surface area contributed by atoms with E-state index in [0.717, 1.165) is 31.5 Å². The lowest BCUT2D eigenvalue weighted by Crippen LogP contribution is -2.47. The van der Waals surface area contributed by atoms with Crippen molar-refractivity contribution in [2.24, 2.45) is 5.92 Å². The third kappa shape index (κ3) is 4.60. The normalized spacial score (nSPS) is 17.0. The van der Waals surface area contributed by atoms with Gasteiger partial charge in [-0.1, -0.05) is 18.2 Å². The molecule has 1 saturated heterocycles. The van der Waals surface area contributed by atoms with E-state index in [4.69, 9.17) is 4.42 Å². The Morgan fingerprint density at radius 3 is 2.69 bits per heavy atom. The number of rotatable bonds is 5. The summed E-state index contributed by atoms with van der Waals surface area (Å²) in [4.78, 5) is 16.4. The van der Waals surface area contributed by atoms with Crippen molar-refractivity contribution in [3.8, 4) is 11.5 Å². The average molecular weight is 357 g/mol. The van der Waals surface area contributed by atoms with Crippen molar-refractivity contribution >= 4 is 6.03 Å². The van der Waals surface area contributed by atoms with E-state index in [1.54, 1.807) is 11.9 Å². The second-order valence-corrected chi connectivity index (χ2v) is 7.10. The minimum absolute atomic E-state index is 0.115. The largest absolute Gasteiger partial charge is 0.419 e. The number of carbonyl (C=O) groups is 1. The highest BCUT2D eigenvalue weighted by Crippen LogP contribution is 2.20. The maximum Gasteiger partial charge on any atom is 0.317 e. The van der Waals surface area contributed by atoms with Crippen molar-refractivity contribution in [1.29, 1.82) is 0 Å². The number of urea groups is 1. The van der Waals surface area contributed by atoms with E-state index in [-0.39, 0.29) is 18.6 Å². The predicted octanol–water partition coefficient (Wildman–Crippen LogP) is 2.61. The van der Waals surface area contributed by atoms with E-state index in [1.165, 1.54) is 0 Å². The monoisotopic (exact) mass is 357 g/mol. The molecule has 0 saturated carbocycles. The Hall–Kier alpha value is -2.41. The minimum atomic E-state index is -0.115. The zero-order chi connectivity index (χ0) is 18.5. The minimum Gasteiger partial charge on any atom is -0.419 e. The second-order valence-electron chi connectivity index (χ2n) is 7.10. The van der Waals surface area contributed by atoms with E-state index in [0.29, 0.717) is 17.7 Å². The summed E-state index contributed by atoms with van der Waals surface area (Å²) in [6, 6.07) is 9.64. The number of carbonyl (C=O) groups excluding carboxylic acids is 1. The molecule has 2 amide bonds. The van der Waals surface area contributed by atoms with E-state index in [9.17, 15) is 4.79 Å². The lowest BCUT2D eigenvalue weighted by molar-refractivity contribution is 0.171. The molecule has 0 spiro atoms. The SMILES string of the molecule is CC(NC(=O)N(C)Cc1nnc(-c2ccccc2)o1)C1CCN(C)CC1. The number of nitrogens with one attached hydrogen (secondary N) is 1. The van der Waals surface area contributed by atoms with Crippen LogP contribution in [0.1, 0.15) is 25.7 Å². The van der Waals surface area contributed by atoms with Crippen molar-refractivity contribution < 1.29 is 9.21 Å². The molecule has 0 radical (unpaired) electrons. The zero-order valence-corrected chi connectivity index (χ0v) is 15.7. The standard InChI is InChI=1S/C19H27N5O2/c1-14(15-9-11-23(2)12-10-15)20-19(25)24(3)13-17-21-22-18(26-17)16-7-5-4-6-8-16/h4-8,14-15H,9-13H2,1-3H3,(H,20,25). The molecule has 7 heteroatoms. The first-order chi connectivity index (χ1) is 12.5. The summed E-state index contributed by atoms with van der Waals surface area (Å²) in [5.74, 6) is 1.42. The Bertz CT molecular complexity index is 710. The van der Waals surface area contributed by atoms with Crippen LogP contribution in [0.4, 0.5) is 4.79 Å². The van der Waals surface area contributed by atoms with Crippen LogP contribution in [-0.4, -0.2) is 59.3 Å². The number of aromatic nitrogens is 2. The van der Waals surface area contributed by atoms with Crippen LogP contribution < -0.4 is 5.32 Å². The maximum atomic E-state index is 12.5. The molecule has 1 aliphatic rings. The summed E-state index contributed by atoms with van der Waals surface area (Å²) < 4.78 is 5.67. The van der Waals surface area contributed by atoms with Crippen LogP contribution in [0.5, 0.6) is 0 Å². The molecule has 0 aliphatic carbocycles. The summed E-state index contributed by atoms with van der Waals surface area (Å²) in [5.41, 5.74) is 0.870. The summed E-state index contributed by atoms with van der Waals surface area (Å²) in [5, 5.41) is 11.2. The quantitative estimate of drug-likeness (QED) is 0.890. The molecule has 1 atom stereocenters. The van der Waals surface area contributed by atoms with Crippen LogP contribution in [0.25, 0.3) is 11.5 Å². The molecular formula is C19H27N5O2. The van der Waals surface area contributed by atoms with Gasteiger partial charge >= 0.3 is 6.03 Å². The molecule has 1 aliphatic heterocycles. The van der Waals surface area contributed by atoms with Crippen LogP contribution in [-0.2, 0) is 6.54 Å². The first-order valence-corrected chi connectivity index (χ1v) is 9.11. The molecule has 1 N–H and O–H groups in total. The van der Waals surface area contributed by atoms with Gasteiger partial charge in [0.15, 0.2) is 0 Å². The molecule has 0 bridgehead atoms. The highest BCUT2D eigenvalue weighted by molar-refractivity contribution is 5.74. The van der Waals surface area contributed by atoms with E-state index in [2.05, 4.69) is 34.4 Å². The molecule has 140 valence electrons. The topological polar surface area (TPSA) is 74.5 Å². The number of likely N-dealkylation sites (tertiary alicyclic amines) is 1. The van der Waals surface area contributed by atoms with Crippen LogP contribution in [0.2, 0.25) is 0 Å². The van der Waals surface area contributed by atoms with E-state index >= 15 is 0 Å². The van der Waals surface area contributed by atoms with Gasteiger partial charge in [-0.2, -0.15) is 0 Å². The molecule has 1 aromatic heterocycles. The van der Waals surface area contributed by atoms with Crippen LogP contribution >= 0.6 is 0 Å². The Labute approximate surface area is 154 Å². The first-order valence-electron chi connectivity index (χ1n) is 9.11. The molecule has 1 unspecified atom stereocenters. The smallest absolute Gasteiger partial charge is 0.317 e. The summed E-state index contributed by atoms with van der Waals surface area (Å²) in [6.45, 7) is 4.55. The predicted molar refractivity (Wildman–Crippen MR) is 99.4 cm³/mol. The first kappa shape index (κ1) is 18.4. The highest BCUT2D eigenvalue weighted by atomic mass is 16.4. The van der Waals surface area contributed by atoms with Crippen molar-refractivity contribution in [2.45, 2.75) is 32.4 Å². The van der Waals surface area contributed by atoms with Crippen LogP contribution in [0, 0.1) is 5.92 Å². The third-order valence-electron chi connectivity index (χ3n) is 5.03. The Morgan fingerprint density at radius 1 is 1.31 bits per heavy atom. The van der Waals surface area contributed by atoms with Gasteiger partial charge in [-0.15, -0.1) is 10.2 Å². The van der Waals surface area contributed by atoms with Gasteiger partial charge in [0.05, 0.1) is 0 Å². The molecule has 1 aromatic carbocycles. The van der Waals surface area contributed by atoms with Gasteiger partial charge in [-0.05, 0) is 58.0 Å². The average Bonchev–Trinajstić information content (AvgIpc) is 3.11. The van der Waals surface area contributed by atoms with Crippen molar-refractivity contribution in [3.63, 3.8) is 0 Å². The summed E-state index contributed by atoms with van der Waals surface area (Å²) >= 11 is 0. The van der Waals surface area contributed by atoms with Crippen molar-refractivity contribution in [1.82, 2.24) is 25.3 Å². The van der Waals surface area contributed by atoms with Crippen molar-refractivity contribution in [3.05, 3.63) is 36.2 Å². The summed E-state index contributed by atoms with van der Waals surface area (Å²) in [7, 11) is 3.88. The van der Waals surface area contributed by atoms with Crippen LogP contribution in [0.15, 0.2) is 34.7 Å². The van der Waals surface area contributed by atoms with Gasteiger partial charge in [0, 0.05) is 18.7 Å². The van der Waals surface area contributed by atoms with E-state index in [1.807, 2.05) is 30.3 Å². The summed E-state index contributed by atoms with van der Waals surface area (Å²) in [6.07, 6.45) is 2.23. The number of piperidine rings is 1. The lowest BCUT2D eigenvalue weighted by atomic mass is 9.90. The van der Waals surface area contributed by atoms with Gasteiger partial charge in [-0.25, -0.2) is 4.79 Å². The van der Waals surface area contributed by atoms with Crippen molar-refractivity contribution in [2.75, 3.05) is 27.2 Å². The van der Waals surface area contributed by atoms with Crippen LogP contribution in [0.3, 0.4) is 0 Å². The maximum absolute atomic E-state index is 12.5. The fourth-order valence-electron chi connectivity index (χ4n) is 3.24. The Kier molecular flexibility index (Phi) is 5.88. The fourth-order valence-corrected chi connectivity index (χ4v) is 3.24. The van der Waals surface area contributed by atoms with Gasteiger partial charge in [-0.3, -0.25) is 0 Å². The Balaban J connectivity index is 1.52. The number of amides is 2. The number of nitrogens with zero attached hydrogens (tertiary/aromatic N) is 4. The second kappa shape index (κ2) is 8.31. The van der Waals surface area contributed by atoms with Gasteiger partial charge < -0.3 is 19.5 Å². The highest BCUT2D eigenvalue weighted by Gasteiger charge is 2.24. The molecule has 2 heterocycles. The molecule has 26 heavy (non-hydrogen) atoms. The third-order valence-corrected chi connectivity index (χ3v) is 5.03. The zero-order valence-electron chi connectivity index (χ0n) is 15.7.